The van der Waals surface area contributed by atoms with Crippen LogP contribution in [0.5, 0.6) is 0 Å². The summed E-state index contributed by atoms with van der Waals surface area (Å²) in [6, 6.07) is -0.636. The maximum absolute atomic E-state index is 11.0. The lowest BCUT2D eigenvalue weighted by Crippen LogP contribution is -2.32. The number of primary amides is 1. The molecule has 0 aromatic heterocycles. The van der Waals surface area contributed by atoms with Gasteiger partial charge >= 0.3 is 12.0 Å². The number of esters is 1. The Labute approximate surface area is 77.6 Å². The summed E-state index contributed by atoms with van der Waals surface area (Å²) in [5.74, 6) is -0.346. The van der Waals surface area contributed by atoms with Gasteiger partial charge in [-0.05, 0) is 20.8 Å². The summed E-state index contributed by atoms with van der Waals surface area (Å²) in [6.45, 7) is 5.56. The molecule has 0 saturated carbocycles. The fourth-order valence-electron chi connectivity index (χ4n) is 0.680. The smallest absolute Gasteiger partial charge is 0.312 e. The number of nitrogens with two attached hydrogens (primary N) is 1. The van der Waals surface area contributed by atoms with Crippen LogP contribution in [0.3, 0.4) is 0 Å². The minimum atomic E-state index is -0.636. The van der Waals surface area contributed by atoms with Crippen LogP contribution in [0.15, 0.2) is 0 Å². The number of ether oxygens (including phenoxy) is 1. The Morgan fingerprint density at radius 2 is 1.92 bits per heavy atom. The average molecular weight is 188 g/mol. The molecule has 0 aliphatic rings. The van der Waals surface area contributed by atoms with Gasteiger partial charge in [0.15, 0.2) is 0 Å². The van der Waals surface area contributed by atoms with Gasteiger partial charge in [-0.3, -0.25) is 4.79 Å². The van der Waals surface area contributed by atoms with Gasteiger partial charge in [0.25, 0.3) is 0 Å². The SMILES string of the molecule is CC(C)(C)OC(=O)CCNC(N)=O. The first-order valence-corrected chi connectivity index (χ1v) is 4.06. The highest BCUT2D eigenvalue weighted by atomic mass is 16.6. The van der Waals surface area contributed by atoms with E-state index in [-0.39, 0.29) is 18.9 Å². The molecule has 13 heavy (non-hydrogen) atoms. The van der Waals surface area contributed by atoms with E-state index in [1.807, 2.05) is 0 Å². The third kappa shape index (κ3) is 8.65. The second-order valence-corrected chi connectivity index (χ2v) is 3.63. The van der Waals surface area contributed by atoms with Gasteiger partial charge in [0, 0.05) is 6.54 Å². The van der Waals surface area contributed by atoms with E-state index in [4.69, 9.17) is 10.5 Å². The summed E-state index contributed by atoms with van der Waals surface area (Å²) in [7, 11) is 0. The van der Waals surface area contributed by atoms with Crippen LogP contribution in [0.2, 0.25) is 0 Å². The molecular formula is C8H16N2O3. The predicted molar refractivity (Wildman–Crippen MR) is 48.0 cm³/mol. The highest BCUT2D eigenvalue weighted by molar-refractivity contribution is 5.74. The summed E-state index contributed by atoms with van der Waals surface area (Å²) in [4.78, 5) is 21.3. The maximum atomic E-state index is 11.0. The summed E-state index contributed by atoms with van der Waals surface area (Å²) in [5, 5.41) is 2.30. The number of carbonyl (C=O) groups is 2. The van der Waals surface area contributed by atoms with Crippen molar-refractivity contribution in [3.8, 4) is 0 Å². The van der Waals surface area contributed by atoms with Crippen LogP contribution in [0.4, 0.5) is 4.79 Å². The summed E-state index contributed by atoms with van der Waals surface area (Å²) >= 11 is 0. The molecular weight excluding hydrogens is 172 g/mol. The number of amides is 2. The van der Waals surface area contributed by atoms with E-state index in [1.54, 1.807) is 20.8 Å². The molecule has 3 N–H and O–H groups in total. The third-order valence-corrected chi connectivity index (χ3v) is 1.05. The Morgan fingerprint density at radius 1 is 1.38 bits per heavy atom. The van der Waals surface area contributed by atoms with Gasteiger partial charge in [0.2, 0.25) is 0 Å². The molecule has 0 aliphatic carbocycles. The van der Waals surface area contributed by atoms with Crippen molar-refractivity contribution in [3.05, 3.63) is 0 Å². The van der Waals surface area contributed by atoms with Crippen molar-refractivity contribution in [1.29, 1.82) is 0 Å². The van der Waals surface area contributed by atoms with E-state index >= 15 is 0 Å². The quantitative estimate of drug-likeness (QED) is 0.628. The monoisotopic (exact) mass is 188 g/mol. The van der Waals surface area contributed by atoms with Crippen LogP contribution in [-0.4, -0.2) is 24.1 Å². The second-order valence-electron chi connectivity index (χ2n) is 3.63. The van der Waals surface area contributed by atoms with Crippen LogP contribution in [0.25, 0.3) is 0 Å². The molecule has 0 spiro atoms. The molecule has 0 heterocycles. The Balaban J connectivity index is 3.59. The van der Waals surface area contributed by atoms with Crippen LogP contribution >= 0.6 is 0 Å². The predicted octanol–water partition coefficient (Wildman–Crippen LogP) is 0.387. The van der Waals surface area contributed by atoms with Gasteiger partial charge in [-0.25, -0.2) is 4.79 Å². The Bertz CT molecular complexity index is 196. The molecule has 76 valence electrons. The van der Waals surface area contributed by atoms with E-state index in [9.17, 15) is 9.59 Å². The normalized spacial score (nSPS) is 10.7. The van der Waals surface area contributed by atoms with E-state index in [0.717, 1.165) is 0 Å². The first-order chi connectivity index (χ1) is 5.81. The molecule has 0 atom stereocenters. The van der Waals surface area contributed by atoms with Crippen molar-refractivity contribution in [1.82, 2.24) is 5.32 Å². The fraction of sp³-hybridized carbons (Fsp3) is 0.750. The van der Waals surface area contributed by atoms with Gasteiger partial charge < -0.3 is 15.8 Å². The molecule has 0 radical (unpaired) electrons. The summed E-state index contributed by atoms with van der Waals surface area (Å²) in [6.07, 6.45) is 0.139. The van der Waals surface area contributed by atoms with E-state index in [0.29, 0.717) is 0 Å². The Hall–Kier alpha value is -1.26. The molecule has 0 rings (SSSR count). The topological polar surface area (TPSA) is 81.4 Å². The maximum Gasteiger partial charge on any atom is 0.312 e. The molecule has 5 nitrogen and oxygen atoms in total. The van der Waals surface area contributed by atoms with Crippen molar-refractivity contribution < 1.29 is 14.3 Å². The van der Waals surface area contributed by atoms with E-state index in [2.05, 4.69) is 5.32 Å². The van der Waals surface area contributed by atoms with Crippen molar-refractivity contribution >= 4 is 12.0 Å². The average Bonchev–Trinajstić information content (AvgIpc) is 1.81. The number of urea groups is 1. The van der Waals surface area contributed by atoms with Gasteiger partial charge in [-0.2, -0.15) is 0 Å². The molecule has 5 heteroatoms. The van der Waals surface area contributed by atoms with Gasteiger partial charge in [0.05, 0.1) is 6.42 Å². The zero-order valence-electron chi connectivity index (χ0n) is 8.22. The van der Waals surface area contributed by atoms with Crippen molar-refractivity contribution in [2.75, 3.05) is 6.54 Å². The number of hydrogen-bond acceptors (Lipinski definition) is 3. The standard InChI is InChI=1S/C8H16N2O3/c1-8(2,3)13-6(11)4-5-10-7(9)12/h4-5H2,1-3H3,(H3,9,10,12). The first-order valence-electron chi connectivity index (χ1n) is 4.06. The first kappa shape index (κ1) is 11.7. The molecule has 0 saturated heterocycles. The largest absolute Gasteiger partial charge is 0.460 e. The molecule has 0 bridgehead atoms. The molecule has 0 aromatic carbocycles. The highest BCUT2D eigenvalue weighted by Gasteiger charge is 2.15. The highest BCUT2D eigenvalue weighted by Crippen LogP contribution is 2.07. The van der Waals surface area contributed by atoms with E-state index in [1.165, 1.54) is 0 Å². The van der Waals surface area contributed by atoms with Gasteiger partial charge in [0.1, 0.15) is 5.60 Å². The minimum Gasteiger partial charge on any atom is -0.460 e. The summed E-state index contributed by atoms with van der Waals surface area (Å²) < 4.78 is 4.99. The van der Waals surface area contributed by atoms with Gasteiger partial charge in [-0.1, -0.05) is 0 Å². The minimum absolute atomic E-state index is 0.139. The lowest BCUT2D eigenvalue weighted by Gasteiger charge is -2.19. The van der Waals surface area contributed by atoms with Crippen LogP contribution in [-0.2, 0) is 9.53 Å². The van der Waals surface area contributed by atoms with Crippen LogP contribution in [0.1, 0.15) is 27.2 Å². The number of nitrogens with one attached hydrogen (secondary N) is 1. The van der Waals surface area contributed by atoms with E-state index < -0.39 is 11.6 Å². The fourth-order valence-corrected chi connectivity index (χ4v) is 0.680. The molecule has 0 unspecified atom stereocenters. The van der Waals surface area contributed by atoms with Crippen LogP contribution < -0.4 is 11.1 Å². The Morgan fingerprint density at radius 3 is 2.31 bits per heavy atom. The second kappa shape index (κ2) is 4.69. The number of hydrogen-bond donors (Lipinski definition) is 2. The molecule has 0 aromatic rings. The Kier molecular flexibility index (Phi) is 4.23. The van der Waals surface area contributed by atoms with Crippen LogP contribution in [0, 0.1) is 0 Å². The molecule has 2 amide bonds. The summed E-state index contributed by atoms with van der Waals surface area (Å²) in [5.41, 5.74) is 4.32. The number of carbonyl (C=O) groups excluding carboxylic acids is 2. The lowest BCUT2D eigenvalue weighted by atomic mass is 10.2. The zero-order chi connectivity index (χ0) is 10.5. The molecule has 0 aliphatic heterocycles. The lowest BCUT2D eigenvalue weighted by molar-refractivity contribution is -0.154. The van der Waals surface area contributed by atoms with Gasteiger partial charge in [-0.15, -0.1) is 0 Å². The molecule has 0 fully saturated rings. The van der Waals surface area contributed by atoms with Crippen molar-refractivity contribution in [3.63, 3.8) is 0 Å². The third-order valence-electron chi connectivity index (χ3n) is 1.05. The van der Waals surface area contributed by atoms with Crippen molar-refractivity contribution in [2.24, 2.45) is 5.73 Å². The zero-order valence-corrected chi connectivity index (χ0v) is 8.22. The van der Waals surface area contributed by atoms with Crippen molar-refractivity contribution in [2.45, 2.75) is 32.8 Å². The number of rotatable bonds is 3.